The van der Waals surface area contributed by atoms with Gasteiger partial charge in [-0.3, -0.25) is 0 Å². The Morgan fingerprint density at radius 3 is 2.95 bits per heavy atom. The van der Waals surface area contributed by atoms with Gasteiger partial charge in [0.2, 0.25) is 0 Å². The van der Waals surface area contributed by atoms with E-state index in [0.717, 1.165) is 34.4 Å². The van der Waals surface area contributed by atoms with Crippen LogP contribution in [0.5, 0.6) is 0 Å². The van der Waals surface area contributed by atoms with E-state index in [1.165, 1.54) is 0 Å². The third-order valence-corrected chi connectivity index (χ3v) is 3.73. The Morgan fingerprint density at radius 1 is 1.47 bits per heavy atom. The first kappa shape index (κ1) is 14.8. The second kappa shape index (κ2) is 6.73. The first-order valence-electron chi connectivity index (χ1n) is 6.47. The first-order valence-corrected chi connectivity index (χ1v) is 7.80. The molecule has 0 radical (unpaired) electrons. The zero-order chi connectivity index (χ0) is 13.8. The maximum atomic E-state index is 5.88. The smallest absolute Gasteiger partial charge is 0.111 e. The standard InChI is InChI=1S/C14H18BrClN2O/c1-3-19-9-10(2)18-13-5-4-11(15)8-12(13)17-14(18)6-7-16/h4-5,8,10H,3,6-7,9H2,1-2H3. The predicted molar refractivity (Wildman–Crippen MR) is 83.1 cm³/mol. The van der Waals surface area contributed by atoms with E-state index in [4.69, 9.17) is 16.3 Å². The van der Waals surface area contributed by atoms with Gasteiger partial charge < -0.3 is 9.30 Å². The van der Waals surface area contributed by atoms with Crippen molar-refractivity contribution in [2.45, 2.75) is 26.3 Å². The lowest BCUT2D eigenvalue weighted by Gasteiger charge is -2.17. The number of hydrogen-bond donors (Lipinski definition) is 0. The van der Waals surface area contributed by atoms with Crippen LogP contribution in [0.1, 0.15) is 25.7 Å². The molecule has 1 aromatic heterocycles. The number of rotatable bonds is 6. The molecule has 19 heavy (non-hydrogen) atoms. The summed E-state index contributed by atoms with van der Waals surface area (Å²) in [7, 11) is 0. The summed E-state index contributed by atoms with van der Waals surface area (Å²) >= 11 is 9.37. The molecule has 0 aliphatic carbocycles. The highest BCUT2D eigenvalue weighted by Crippen LogP contribution is 2.25. The molecule has 0 amide bonds. The molecular formula is C14H18BrClN2O. The second-order valence-electron chi connectivity index (χ2n) is 4.48. The Hall–Kier alpha value is -0.580. The van der Waals surface area contributed by atoms with Crippen LogP contribution in [0.2, 0.25) is 0 Å². The molecule has 0 saturated carbocycles. The molecule has 104 valence electrons. The average molecular weight is 346 g/mol. The number of aromatic nitrogens is 2. The van der Waals surface area contributed by atoms with Crippen LogP contribution >= 0.6 is 27.5 Å². The van der Waals surface area contributed by atoms with Gasteiger partial charge in [-0.25, -0.2) is 4.98 Å². The summed E-state index contributed by atoms with van der Waals surface area (Å²) in [6.07, 6.45) is 0.768. The number of benzene rings is 1. The van der Waals surface area contributed by atoms with Crippen molar-refractivity contribution < 1.29 is 4.74 Å². The Labute approximate surface area is 127 Å². The maximum Gasteiger partial charge on any atom is 0.111 e. The summed E-state index contributed by atoms with van der Waals surface area (Å²) in [6.45, 7) is 5.58. The van der Waals surface area contributed by atoms with Gasteiger partial charge in [0.1, 0.15) is 5.82 Å². The van der Waals surface area contributed by atoms with Gasteiger partial charge >= 0.3 is 0 Å². The van der Waals surface area contributed by atoms with E-state index in [2.05, 4.69) is 38.5 Å². The van der Waals surface area contributed by atoms with Crippen LogP contribution in [0.25, 0.3) is 11.0 Å². The second-order valence-corrected chi connectivity index (χ2v) is 5.77. The third kappa shape index (κ3) is 3.30. The number of imidazole rings is 1. The van der Waals surface area contributed by atoms with Gasteiger partial charge in [0.05, 0.1) is 23.7 Å². The van der Waals surface area contributed by atoms with Gasteiger partial charge in [-0.2, -0.15) is 0 Å². The van der Waals surface area contributed by atoms with E-state index >= 15 is 0 Å². The summed E-state index contributed by atoms with van der Waals surface area (Å²) in [6, 6.07) is 6.42. The molecular weight excluding hydrogens is 328 g/mol. The quantitative estimate of drug-likeness (QED) is 0.734. The molecule has 5 heteroatoms. The van der Waals surface area contributed by atoms with Crippen molar-refractivity contribution in [3.05, 3.63) is 28.5 Å². The van der Waals surface area contributed by atoms with Crippen LogP contribution in [-0.2, 0) is 11.2 Å². The van der Waals surface area contributed by atoms with Crippen LogP contribution in [-0.4, -0.2) is 28.6 Å². The molecule has 3 nitrogen and oxygen atoms in total. The van der Waals surface area contributed by atoms with Crippen molar-refractivity contribution in [2.24, 2.45) is 0 Å². The molecule has 0 fully saturated rings. The van der Waals surface area contributed by atoms with Gasteiger partial charge in [0.15, 0.2) is 0 Å². The molecule has 1 unspecified atom stereocenters. The van der Waals surface area contributed by atoms with Crippen LogP contribution in [0, 0.1) is 0 Å². The van der Waals surface area contributed by atoms with E-state index in [9.17, 15) is 0 Å². The zero-order valence-corrected chi connectivity index (χ0v) is 13.5. The Bertz CT molecular complexity index is 556. The van der Waals surface area contributed by atoms with Crippen LogP contribution in [0.3, 0.4) is 0 Å². The summed E-state index contributed by atoms with van der Waals surface area (Å²) in [5.41, 5.74) is 2.13. The van der Waals surface area contributed by atoms with Gasteiger partial charge in [-0.05, 0) is 32.0 Å². The maximum absolute atomic E-state index is 5.88. The molecule has 2 rings (SSSR count). The zero-order valence-electron chi connectivity index (χ0n) is 11.2. The van der Waals surface area contributed by atoms with Crippen LogP contribution in [0.15, 0.2) is 22.7 Å². The SMILES string of the molecule is CCOCC(C)n1c(CCCl)nc2cc(Br)ccc21. The molecule has 1 heterocycles. The Morgan fingerprint density at radius 2 is 2.26 bits per heavy atom. The Kier molecular flexibility index (Phi) is 5.25. The van der Waals surface area contributed by atoms with Crippen molar-refractivity contribution in [1.82, 2.24) is 9.55 Å². The molecule has 1 atom stereocenters. The van der Waals surface area contributed by atoms with Gasteiger partial charge in [-0.15, -0.1) is 11.6 Å². The van der Waals surface area contributed by atoms with Crippen molar-refractivity contribution in [3.8, 4) is 0 Å². The number of hydrogen-bond acceptors (Lipinski definition) is 2. The van der Waals surface area contributed by atoms with Crippen molar-refractivity contribution in [2.75, 3.05) is 19.1 Å². The molecule has 0 aliphatic heterocycles. The van der Waals surface area contributed by atoms with Crippen molar-refractivity contribution in [3.63, 3.8) is 0 Å². The topological polar surface area (TPSA) is 27.1 Å². The highest BCUT2D eigenvalue weighted by molar-refractivity contribution is 9.10. The molecule has 0 N–H and O–H groups in total. The number of nitrogens with zero attached hydrogens (tertiary/aromatic N) is 2. The number of halogens is 2. The number of ether oxygens (including phenoxy) is 1. The predicted octanol–water partition coefficient (Wildman–Crippen LogP) is 4.18. The molecule has 1 aromatic carbocycles. The fourth-order valence-electron chi connectivity index (χ4n) is 2.24. The van der Waals surface area contributed by atoms with Crippen LogP contribution in [0.4, 0.5) is 0 Å². The highest BCUT2D eigenvalue weighted by atomic mass is 79.9. The largest absolute Gasteiger partial charge is 0.380 e. The summed E-state index contributed by atoms with van der Waals surface area (Å²) in [5, 5.41) is 0. The van der Waals surface area contributed by atoms with Gasteiger partial charge in [-0.1, -0.05) is 15.9 Å². The normalized spacial score (nSPS) is 13.1. The van der Waals surface area contributed by atoms with E-state index in [0.29, 0.717) is 12.5 Å². The molecule has 0 spiro atoms. The number of aryl methyl sites for hydroxylation is 1. The van der Waals surface area contributed by atoms with Crippen LogP contribution < -0.4 is 0 Å². The lowest BCUT2D eigenvalue weighted by atomic mass is 10.2. The minimum Gasteiger partial charge on any atom is -0.380 e. The molecule has 0 saturated heterocycles. The highest BCUT2D eigenvalue weighted by Gasteiger charge is 2.15. The van der Waals surface area contributed by atoms with Gasteiger partial charge in [0.25, 0.3) is 0 Å². The van der Waals surface area contributed by atoms with E-state index in [-0.39, 0.29) is 6.04 Å². The fourth-order valence-corrected chi connectivity index (χ4v) is 2.76. The summed E-state index contributed by atoms with van der Waals surface area (Å²) in [4.78, 5) is 4.69. The number of fused-ring (bicyclic) bond motifs is 1. The third-order valence-electron chi connectivity index (χ3n) is 3.05. The first-order chi connectivity index (χ1) is 9.17. The molecule has 2 aromatic rings. The minimum absolute atomic E-state index is 0.254. The van der Waals surface area contributed by atoms with E-state index in [1.807, 2.05) is 19.1 Å². The monoisotopic (exact) mass is 344 g/mol. The van der Waals surface area contributed by atoms with E-state index in [1.54, 1.807) is 0 Å². The number of alkyl halides is 1. The fraction of sp³-hybridized carbons (Fsp3) is 0.500. The van der Waals surface area contributed by atoms with E-state index < -0.39 is 0 Å². The Balaban J connectivity index is 2.45. The molecule has 0 bridgehead atoms. The summed E-state index contributed by atoms with van der Waals surface area (Å²) in [5.74, 6) is 1.60. The molecule has 0 aliphatic rings. The lowest BCUT2D eigenvalue weighted by Crippen LogP contribution is -2.15. The summed E-state index contributed by atoms with van der Waals surface area (Å²) < 4.78 is 8.81. The van der Waals surface area contributed by atoms with Crippen molar-refractivity contribution in [1.29, 1.82) is 0 Å². The van der Waals surface area contributed by atoms with Crippen molar-refractivity contribution >= 4 is 38.6 Å². The minimum atomic E-state index is 0.254. The van der Waals surface area contributed by atoms with Gasteiger partial charge in [0, 0.05) is 23.4 Å². The average Bonchev–Trinajstić information content (AvgIpc) is 2.73. The lowest BCUT2D eigenvalue weighted by molar-refractivity contribution is 0.119.